The molecule has 0 aliphatic carbocycles. The maximum absolute atomic E-state index is 12.4. The van der Waals surface area contributed by atoms with Crippen LogP contribution in [0.25, 0.3) is 32.2 Å². The van der Waals surface area contributed by atoms with Crippen LogP contribution in [0.2, 0.25) is 0 Å². The van der Waals surface area contributed by atoms with E-state index >= 15 is 0 Å². The highest BCUT2D eigenvalue weighted by Gasteiger charge is 2.23. The molecule has 0 amide bonds. The Bertz CT molecular complexity index is 1540. The lowest BCUT2D eigenvalue weighted by atomic mass is 10.1. The Balaban J connectivity index is 1.25. The van der Waals surface area contributed by atoms with Crippen molar-refractivity contribution in [1.82, 2.24) is 24.8 Å². The van der Waals surface area contributed by atoms with Gasteiger partial charge in [0, 0.05) is 37.1 Å². The number of fused-ring (bicyclic) bond motifs is 2. The molecule has 1 aliphatic rings. The SMILES string of the molecule is Cc1nc(N2CCN(Cc3nc4ccccc4c(=O)[nH]3)CC2)c2c(-c3ccccc3)csc2n1. The molecule has 0 unspecified atom stereocenters. The van der Waals surface area contributed by atoms with E-state index in [9.17, 15) is 4.79 Å². The molecule has 1 fully saturated rings. The van der Waals surface area contributed by atoms with Crippen LogP contribution in [0.5, 0.6) is 0 Å². The summed E-state index contributed by atoms with van der Waals surface area (Å²) in [6, 6.07) is 17.9. The maximum atomic E-state index is 12.4. The van der Waals surface area contributed by atoms with Crippen molar-refractivity contribution >= 4 is 38.3 Å². The van der Waals surface area contributed by atoms with E-state index in [0.29, 0.717) is 17.8 Å². The maximum Gasteiger partial charge on any atom is 0.258 e. The van der Waals surface area contributed by atoms with Crippen molar-refractivity contribution in [1.29, 1.82) is 0 Å². The Labute approximate surface area is 200 Å². The predicted molar refractivity (Wildman–Crippen MR) is 137 cm³/mol. The summed E-state index contributed by atoms with van der Waals surface area (Å²) in [5.74, 6) is 2.52. The molecule has 5 aromatic rings. The second kappa shape index (κ2) is 8.62. The lowest BCUT2D eigenvalue weighted by Crippen LogP contribution is -2.46. The number of anilines is 1. The lowest BCUT2D eigenvalue weighted by molar-refractivity contribution is 0.244. The molecule has 0 atom stereocenters. The Morgan fingerprint density at radius 1 is 0.941 bits per heavy atom. The van der Waals surface area contributed by atoms with E-state index in [-0.39, 0.29) is 5.56 Å². The zero-order chi connectivity index (χ0) is 23.1. The van der Waals surface area contributed by atoms with Gasteiger partial charge in [0.05, 0.1) is 22.8 Å². The molecule has 2 aromatic carbocycles. The smallest absolute Gasteiger partial charge is 0.258 e. The summed E-state index contributed by atoms with van der Waals surface area (Å²) in [4.78, 5) is 35.4. The van der Waals surface area contributed by atoms with Crippen LogP contribution in [-0.4, -0.2) is 51.0 Å². The van der Waals surface area contributed by atoms with Crippen molar-refractivity contribution in [2.24, 2.45) is 0 Å². The molecule has 1 saturated heterocycles. The van der Waals surface area contributed by atoms with Crippen molar-refractivity contribution in [2.45, 2.75) is 13.5 Å². The van der Waals surface area contributed by atoms with Crippen LogP contribution in [0.15, 0.2) is 64.8 Å². The number of rotatable bonds is 4. The summed E-state index contributed by atoms with van der Waals surface area (Å²) in [5, 5.41) is 3.95. The Morgan fingerprint density at radius 2 is 1.71 bits per heavy atom. The average molecular weight is 469 g/mol. The average Bonchev–Trinajstić information content (AvgIpc) is 3.28. The molecule has 1 aliphatic heterocycles. The summed E-state index contributed by atoms with van der Waals surface area (Å²) in [7, 11) is 0. The minimum absolute atomic E-state index is 0.0796. The molecular formula is C26H24N6OS. The number of nitrogens with one attached hydrogen (secondary N) is 1. The summed E-state index contributed by atoms with van der Waals surface area (Å²) in [6.07, 6.45) is 0. The second-order valence-corrected chi connectivity index (χ2v) is 9.44. The molecule has 170 valence electrons. The first kappa shape index (κ1) is 20.9. The molecule has 0 radical (unpaired) electrons. The van der Waals surface area contributed by atoms with Crippen molar-refractivity contribution in [3.05, 3.63) is 82.0 Å². The van der Waals surface area contributed by atoms with Gasteiger partial charge in [-0.25, -0.2) is 15.0 Å². The van der Waals surface area contributed by atoms with Gasteiger partial charge >= 0.3 is 0 Å². The molecule has 7 nitrogen and oxygen atoms in total. The van der Waals surface area contributed by atoms with E-state index in [4.69, 9.17) is 9.97 Å². The highest BCUT2D eigenvalue weighted by molar-refractivity contribution is 7.17. The number of nitrogens with zero attached hydrogens (tertiary/aromatic N) is 5. The van der Waals surface area contributed by atoms with Gasteiger partial charge in [-0.2, -0.15) is 0 Å². The van der Waals surface area contributed by atoms with Gasteiger partial charge in [0.2, 0.25) is 0 Å². The van der Waals surface area contributed by atoms with Crippen LogP contribution >= 0.6 is 11.3 Å². The molecule has 0 bridgehead atoms. The van der Waals surface area contributed by atoms with Crippen LogP contribution in [0.3, 0.4) is 0 Å². The van der Waals surface area contributed by atoms with Gasteiger partial charge in [0.1, 0.15) is 22.3 Å². The first-order chi connectivity index (χ1) is 16.7. The van der Waals surface area contributed by atoms with E-state index in [1.165, 1.54) is 11.1 Å². The Kier molecular flexibility index (Phi) is 5.31. The van der Waals surface area contributed by atoms with Crippen LogP contribution in [0.1, 0.15) is 11.6 Å². The number of aromatic amines is 1. The van der Waals surface area contributed by atoms with E-state index in [1.807, 2.05) is 37.3 Å². The first-order valence-corrected chi connectivity index (χ1v) is 12.3. The van der Waals surface area contributed by atoms with E-state index in [1.54, 1.807) is 11.3 Å². The molecule has 1 N–H and O–H groups in total. The number of hydrogen-bond acceptors (Lipinski definition) is 7. The predicted octanol–water partition coefficient (Wildman–Crippen LogP) is 4.23. The fourth-order valence-electron chi connectivity index (χ4n) is 4.63. The van der Waals surface area contributed by atoms with E-state index in [2.05, 4.69) is 49.4 Å². The number of piperazine rings is 1. The van der Waals surface area contributed by atoms with Gasteiger partial charge in [-0.3, -0.25) is 9.69 Å². The lowest BCUT2D eigenvalue weighted by Gasteiger charge is -2.35. The third-order valence-corrected chi connectivity index (χ3v) is 7.19. The van der Waals surface area contributed by atoms with Gasteiger partial charge in [-0.1, -0.05) is 42.5 Å². The normalized spacial score (nSPS) is 14.8. The molecule has 34 heavy (non-hydrogen) atoms. The van der Waals surface area contributed by atoms with Gasteiger partial charge in [-0.15, -0.1) is 11.3 Å². The fraction of sp³-hybridized carbons (Fsp3) is 0.231. The largest absolute Gasteiger partial charge is 0.353 e. The number of aryl methyl sites for hydroxylation is 1. The van der Waals surface area contributed by atoms with Gasteiger partial charge in [0.25, 0.3) is 5.56 Å². The molecule has 0 saturated carbocycles. The topological polar surface area (TPSA) is 78.0 Å². The number of para-hydroxylation sites is 1. The van der Waals surface area contributed by atoms with Gasteiger partial charge < -0.3 is 9.88 Å². The highest BCUT2D eigenvalue weighted by Crippen LogP contribution is 2.38. The van der Waals surface area contributed by atoms with Crippen LogP contribution in [-0.2, 0) is 6.54 Å². The zero-order valence-electron chi connectivity index (χ0n) is 18.9. The number of H-pyrrole nitrogens is 1. The summed E-state index contributed by atoms with van der Waals surface area (Å²) in [6.45, 7) is 6.03. The third kappa shape index (κ3) is 3.85. The number of thiophene rings is 1. The fourth-order valence-corrected chi connectivity index (χ4v) is 5.61. The van der Waals surface area contributed by atoms with Crippen LogP contribution in [0, 0.1) is 6.92 Å². The van der Waals surface area contributed by atoms with E-state index in [0.717, 1.165) is 53.6 Å². The summed E-state index contributed by atoms with van der Waals surface area (Å²) >= 11 is 1.68. The van der Waals surface area contributed by atoms with Crippen molar-refractivity contribution in [3.63, 3.8) is 0 Å². The molecule has 3 aromatic heterocycles. The van der Waals surface area contributed by atoms with Crippen molar-refractivity contribution < 1.29 is 0 Å². The second-order valence-electron chi connectivity index (χ2n) is 8.58. The number of aromatic nitrogens is 4. The quantitative estimate of drug-likeness (QED) is 0.425. The minimum atomic E-state index is -0.0796. The Morgan fingerprint density at radius 3 is 2.53 bits per heavy atom. The van der Waals surface area contributed by atoms with Crippen molar-refractivity contribution in [3.8, 4) is 11.1 Å². The number of hydrogen-bond donors (Lipinski definition) is 1. The van der Waals surface area contributed by atoms with Crippen LogP contribution < -0.4 is 10.5 Å². The minimum Gasteiger partial charge on any atom is -0.353 e. The highest BCUT2D eigenvalue weighted by atomic mass is 32.1. The standard InChI is InChI=1S/C26H24N6OS/c1-17-27-24(23-20(16-34-26(23)28-17)18-7-3-2-4-8-18)32-13-11-31(12-14-32)15-22-29-21-10-6-5-9-19(21)25(33)30-22/h2-10,16H,11-15H2,1H3,(H,29,30,33). The monoisotopic (exact) mass is 468 g/mol. The summed E-state index contributed by atoms with van der Waals surface area (Å²) < 4.78 is 0. The number of benzene rings is 2. The van der Waals surface area contributed by atoms with Gasteiger partial charge in [0.15, 0.2) is 0 Å². The zero-order valence-corrected chi connectivity index (χ0v) is 19.7. The van der Waals surface area contributed by atoms with E-state index < -0.39 is 0 Å². The molecular weight excluding hydrogens is 444 g/mol. The van der Waals surface area contributed by atoms with Crippen LogP contribution in [0.4, 0.5) is 5.82 Å². The molecule has 0 spiro atoms. The molecule has 6 rings (SSSR count). The molecule has 8 heteroatoms. The molecule has 4 heterocycles. The van der Waals surface area contributed by atoms with Crippen molar-refractivity contribution in [2.75, 3.05) is 31.1 Å². The summed E-state index contributed by atoms with van der Waals surface area (Å²) in [5.41, 5.74) is 3.04. The first-order valence-electron chi connectivity index (χ1n) is 11.4. The Hall–Kier alpha value is -3.62. The third-order valence-electron chi connectivity index (χ3n) is 6.32. The van der Waals surface area contributed by atoms with Gasteiger partial charge in [-0.05, 0) is 24.6 Å².